The van der Waals surface area contributed by atoms with Gasteiger partial charge in [-0.05, 0) is 31.7 Å². The van der Waals surface area contributed by atoms with E-state index in [1.807, 2.05) is 0 Å². The maximum Gasteiger partial charge on any atom is 0.240 e. The number of amides is 1. The molecule has 0 aromatic carbocycles. The topological polar surface area (TPSA) is 80.9 Å². The van der Waals surface area contributed by atoms with E-state index in [1.54, 1.807) is 19.2 Å². The number of nitrogens with zero attached hydrogens (tertiary/aromatic N) is 2. The predicted molar refractivity (Wildman–Crippen MR) is 59.2 cm³/mol. The van der Waals surface area contributed by atoms with E-state index < -0.39 is 5.54 Å². The molecule has 1 amide bonds. The summed E-state index contributed by atoms with van der Waals surface area (Å²) in [7, 11) is 0. The Morgan fingerprint density at radius 2 is 2.44 bits per heavy atom. The number of hydrogen-bond acceptors (Lipinski definition) is 4. The second-order valence-corrected chi connectivity index (χ2v) is 4.44. The lowest BCUT2D eigenvalue weighted by Crippen LogP contribution is -2.53. The predicted octanol–water partition coefficient (Wildman–Crippen LogP) is 0.220. The van der Waals surface area contributed by atoms with Gasteiger partial charge in [0.1, 0.15) is 6.33 Å². The van der Waals surface area contributed by atoms with Crippen molar-refractivity contribution in [2.45, 2.75) is 31.8 Å². The molecule has 1 fully saturated rings. The zero-order valence-corrected chi connectivity index (χ0v) is 9.31. The highest BCUT2D eigenvalue weighted by Gasteiger charge is 2.43. The first-order valence-corrected chi connectivity index (χ1v) is 5.43. The van der Waals surface area contributed by atoms with E-state index >= 15 is 0 Å². The fourth-order valence-corrected chi connectivity index (χ4v) is 1.65. The van der Waals surface area contributed by atoms with Crippen molar-refractivity contribution in [2.24, 2.45) is 11.7 Å². The molecule has 0 spiro atoms. The molecule has 1 heterocycles. The van der Waals surface area contributed by atoms with E-state index in [-0.39, 0.29) is 5.91 Å². The highest BCUT2D eigenvalue weighted by molar-refractivity contribution is 5.86. The molecule has 1 aliphatic rings. The minimum Gasteiger partial charge on any atom is -0.349 e. The Hall–Kier alpha value is -1.49. The molecule has 1 saturated carbocycles. The minimum absolute atomic E-state index is 0.103. The maximum absolute atomic E-state index is 11.8. The van der Waals surface area contributed by atoms with E-state index in [0.29, 0.717) is 12.5 Å². The molecule has 5 heteroatoms. The molecule has 1 aromatic rings. The third-order valence-corrected chi connectivity index (χ3v) is 2.99. The number of nitrogens with two attached hydrogens (primary N) is 1. The molecule has 0 saturated heterocycles. The number of aromatic nitrogens is 2. The van der Waals surface area contributed by atoms with Gasteiger partial charge < -0.3 is 11.1 Å². The van der Waals surface area contributed by atoms with Crippen LogP contribution >= 0.6 is 0 Å². The maximum atomic E-state index is 11.8. The van der Waals surface area contributed by atoms with Gasteiger partial charge >= 0.3 is 0 Å². The van der Waals surface area contributed by atoms with Gasteiger partial charge in [0.25, 0.3) is 0 Å². The number of hydrogen-bond donors (Lipinski definition) is 2. The van der Waals surface area contributed by atoms with Crippen LogP contribution in [0.3, 0.4) is 0 Å². The van der Waals surface area contributed by atoms with Gasteiger partial charge in [-0.2, -0.15) is 0 Å². The zero-order valence-electron chi connectivity index (χ0n) is 9.31. The summed E-state index contributed by atoms with van der Waals surface area (Å²) in [5.41, 5.74) is 6.03. The van der Waals surface area contributed by atoms with Crippen LogP contribution in [0.25, 0.3) is 0 Å². The quantitative estimate of drug-likeness (QED) is 0.760. The number of carbonyl (C=O) groups is 1. The first-order valence-electron chi connectivity index (χ1n) is 5.43. The van der Waals surface area contributed by atoms with Gasteiger partial charge in [-0.3, -0.25) is 4.79 Å². The zero-order chi connectivity index (χ0) is 11.6. The summed E-state index contributed by atoms with van der Waals surface area (Å²) in [4.78, 5) is 19.7. The highest BCUT2D eigenvalue weighted by Crippen LogP contribution is 2.38. The molecule has 5 nitrogen and oxygen atoms in total. The van der Waals surface area contributed by atoms with Crippen LogP contribution in [0.15, 0.2) is 18.6 Å². The van der Waals surface area contributed by atoms with Crippen molar-refractivity contribution in [3.8, 4) is 0 Å². The third kappa shape index (κ3) is 2.36. The van der Waals surface area contributed by atoms with Crippen LogP contribution in [0.5, 0.6) is 0 Å². The van der Waals surface area contributed by atoms with Gasteiger partial charge in [0, 0.05) is 6.20 Å². The van der Waals surface area contributed by atoms with E-state index in [4.69, 9.17) is 5.73 Å². The lowest BCUT2D eigenvalue weighted by atomic mass is 9.96. The summed E-state index contributed by atoms with van der Waals surface area (Å²) < 4.78 is 0. The Bertz CT molecular complexity index is 373. The lowest BCUT2D eigenvalue weighted by molar-refractivity contribution is -0.126. The molecule has 1 aliphatic carbocycles. The lowest BCUT2D eigenvalue weighted by Gasteiger charge is -2.22. The summed E-state index contributed by atoms with van der Waals surface area (Å²) in [5.74, 6) is 0.228. The summed E-state index contributed by atoms with van der Waals surface area (Å²) >= 11 is 0. The second kappa shape index (κ2) is 4.17. The minimum atomic E-state index is -0.743. The summed E-state index contributed by atoms with van der Waals surface area (Å²) in [6.45, 7) is 2.20. The largest absolute Gasteiger partial charge is 0.349 e. The van der Waals surface area contributed by atoms with E-state index in [0.717, 1.165) is 18.5 Å². The molecule has 0 aliphatic heterocycles. The normalized spacial score (nSPS) is 18.9. The van der Waals surface area contributed by atoms with E-state index in [9.17, 15) is 4.79 Å². The second-order valence-electron chi connectivity index (χ2n) is 4.44. The summed E-state index contributed by atoms with van der Waals surface area (Å²) in [5, 5.41) is 2.81. The Labute approximate surface area is 94.5 Å². The van der Waals surface area contributed by atoms with Crippen molar-refractivity contribution < 1.29 is 4.79 Å². The third-order valence-electron chi connectivity index (χ3n) is 2.99. The van der Waals surface area contributed by atoms with E-state index in [1.165, 1.54) is 6.33 Å². The van der Waals surface area contributed by atoms with Crippen LogP contribution in [0.1, 0.15) is 25.5 Å². The Kier molecular flexibility index (Phi) is 2.87. The first kappa shape index (κ1) is 11.0. The van der Waals surface area contributed by atoms with Crippen molar-refractivity contribution in [1.29, 1.82) is 0 Å². The molecular formula is C11H16N4O. The fraction of sp³-hybridized carbons (Fsp3) is 0.545. The molecule has 0 radical (unpaired) electrons. The molecule has 1 aromatic heterocycles. The Balaban J connectivity index is 1.88. The van der Waals surface area contributed by atoms with Gasteiger partial charge in [0.05, 0.1) is 17.8 Å². The summed E-state index contributed by atoms with van der Waals surface area (Å²) in [6, 6.07) is 1.77. The van der Waals surface area contributed by atoms with Crippen molar-refractivity contribution in [1.82, 2.24) is 15.3 Å². The van der Waals surface area contributed by atoms with Gasteiger partial charge in [0.15, 0.2) is 0 Å². The standard InChI is InChI=1S/C11H16N4O/c1-11(12,8-2-3-8)10(16)14-6-9-4-5-13-7-15-9/h4-5,7-8H,2-3,6,12H2,1H3,(H,14,16). The van der Waals surface area contributed by atoms with Crippen LogP contribution in [0.2, 0.25) is 0 Å². The molecule has 16 heavy (non-hydrogen) atoms. The van der Waals surface area contributed by atoms with Gasteiger partial charge in [-0.15, -0.1) is 0 Å². The van der Waals surface area contributed by atoms with E-state index in [2.05, 4.69) is 15.3 Å². The molecule has 1 unspecified atom stereocenters. The van der Waals surface area contributed by atoms with Gasteiger partial charge in [-0.1, -0.05) is 0 Å². The van der Waals surface area contributed by atoms with Crippen LogP contribution in [0.4, 0.5) is 0 Å². The molecule has 3 N–H and O–H groups in total. The Morgan fingerprint density at radius 3 is 3.00 bits per heavy atom. The molecule has 1 atom stereocenters. The average Bonchev–Trinajstić information content (AvgIpc) is 3.11. The van der Waals surface area contributed by atoms with Gasteiger partial charge in [-0.25, -0.2) is 9.97 Å². The monoisotopic (exact) mass is 220 g/mol. The van der Waals surface area contributed by atoms with Crippen molar-refractivity contribution >= 4 is 5.91 Å². The van der Waals surface area contributed by atoms with Crippen LogP contribution < -0.4 is 11.1 Å². The average molecular weight is 220 g/mol. The SMILES string of the molecule is CC(N)(C(=O)NCc1ccncn1)C1CC1. The fourth-order valence-electron chi connectivity index (χ4n) is 1.65. The van der Waals surface area contributed by atoms with Crippen molar-refractivity contribution in [3.05, 3.63) is 24.3 Å². The Morgan fingerprint density at radius 1 is 1.69 bits per heavy atom. The van der Waals surface area contributed by atoms with Crippen LogP contribution in [0, 0.1) is 5.92 Å². The molecular weight excluding hydrogens is 204 g/mol. The van der Waals surface area contributed by atoms with Crippen LogP contribution in [-0.2, 0) is 11.3 Å². The highest BCUT2D eigenvalue weighted by atomic mass is 16.2. The van der Waals surface area contributed by atoms with Crippen molar-refractivity contribution in [2.75, 3.05) is 0 Å². The number of carbonyl (C=O) groups excluding carboxylic acids is 1. The summed E-state index contributed by atoms with van der Waals surface area (Å²) in [6.07, 6.45) is 5.21. The number of nitrogens with one attached hydrogen (secondary N) is 1. The first-order chi connectivity index (χ1) is 7.60. The molecule has 86 valence electrons. The number of rotatable bonds is 4. The van der Waals surface area contributed by atoms with Crippen molar-refractivity contribution in [3.63, 3.8) is 0 Å². The van der Waals surface area contributed by atoms with Gasteiger partial charge in [0.2, 0.25) is 5.91 Å². The van der Waals surface area contributed by atoms with Crippen LogP contribution in [-0.4, -0.2) is 21.4 Å². The molecule has 2 rings (SSSR count). The molecule has 0 bridgehead atoms. The smallest absolute Gasteiger partial charge is 0.240 e.